The first kappa shape index (κ1) is 9.22. The van der Waals surface area contributed by atoms with E-state index in [1.807, 2.05) is 13.7 Å². The Bertz CT molecular complexity index is 235. The van der Waals surface area contributed by atoms with Gasteiger partial charge in [-0.1, -0.05) is 17.7 Å². The van der Waals surface area contributed by atoms with E-state index in [1.165, 1.54) is 0 Å². The van der Waals surface area contributed by atoms with Crippen molar-refractivity contribution < 1.29 is 4.52 Å². The van der Waals surface area contributed by atoms with Crippen molar-refractivity contribution in [3.05, 3.63) is 0 Å². The maximum absolute atomic E-state index is 5.49. The van der Waals surface area contributed by atoms with Gasteiger partial charge in [0, 0.05) is 13.2 Å². The van der Waals surface area contributed by atoms with E-state index in [0.717, 1.165) is 6.54 Å². The van der Waals surface area contributed by atoms with Gasteiger partial charge in [0.25, 0.3) is 0 Å². The third-order valence-electron chi connectivity index (χ3n) is 1.86. The van der Waals surface area contributed by atoms with Crippen molar-refractivity contribution >= 4 is 18.2 Å². The average Bonchev–Trinajstić information content (AvgIpc) is 1.95. The minimum absolute atomic E-state index is 0.219. The van der Waals surface area contributed by atoms with Crippen molar-refractivity contribution in [3.63, 3.8) is 0 Å². The van der Waals surface area contributed by atoms with Crippen LogP contribution in [0.25, 0.3) is 0 Å². The summed E-state index contributed by atoms with van der Waals surface area (Å²) in [6.07, 6.45) is 3.62. The standard InChI is InChI=1S/C7H12NOPS/c1-4-7-5-8(2)10(3,11)9-6-7/h1,7H,5-6H2,2-3H3. The zero-order chi connectivity index (χ0) is 8.48. The van der Waals surface area contributed by atoms with Crippen LogP contribution in [0, 0.1) is 18.3 Å². The predicted molar refractivity (Wildman–Crippen MR) is 51.1 cm³/mol. The van der Waals surface area contributed by atoms with E-state index in [9.17, 15) is 0 Å². The molecular weight excluding hydrogens is 177 g/mol. The molecule has 0 aromatic heterocycles. The lowest BCUT2D eigenvalue weighted by Crippen LogP contribution is -2.31. The second-order valence-corrected chi connectivity index (χ2v) is 7.38. The molecule has 2 atom stereocenters. The topological polar surface area (TPSA) is 12.5 Å². The van der Waals surface area contributed by atoms with E-state index >= 15 is 0 Å². The molecule has 2 nitrogen and oxygen atoms in total. The highest BCUT2D eigenvalue weighted by Gasteiger charge is 2.26. The van der Waals surface area contributed by atoms with Gasteiger partial charge in [-0.25, -0.2) is 0 Å². The van der Waals surface area contributed by atoms with Gasteiger partial charge in [0.15, 0.2) is 0 Å². The van der Waals surface area contributed by atoms with Crippen molar-refractivity contribution in [2.24, 2.45) is 5.92 Å². The van der Waals surface area contributed by atoms with Crippen molar-refractivity contribution in [1.29, 1.82) is 0 Å². The third-order valence-corrected chi connectivity index (χ3v) is 5.04. The average molecular weight is 189 g/mol. The molecule has 1 saturated heterocycles. The highest BCUT2D eigenvalue weighted by Crippen LogP contribution is 2.49. The van der Waals surface area contributed by atoms with Crippen LogP contribution < -0.4 is 0 Å². The van der Waals surface area contributed by atoms with Crippen molar-refractivity contribution in [2.45, 2.75) is 0 Å². The molecule has 2 unspecified atom stereocenters. The predicted octanol–water partition coefficient (Wildman–Crippen LogP) is 1.14. The van der Waals surface area contributed by atoms with Gasteiger partial charge in [-0.05, 0) is 7.05 Å². The minimum Gasteiger partial charge on any atom is -0.337 e. The van der Waals surface area contributed by atoms with Crippen molar-refractivity contribution in [2.75, 3.05) is 26.9 Å². The minimum atomic E-state index is -1.66. The van der Waals surface area contributed by atoms with Crippen LogP contribution >= 0.6 is 6.42 Å². The van der Waals surface area contributed by atoms with Crippen LogP contribution in [0.15, 0.2) is 0 Å². The molecule has 62 valence electrons. The number of hydrogen-bond donors (Lipinski definition) is 0. The summed E-state index contributed by atoms with van der Waals surface area (Å²) >= 11 is 5.26. The van der Waals surface area contributed by atoms with E-state index < -0.39 is 6.42 Å². The van der Waals surface area contributed by atoms with Crippen LogP contribution in [0.1, 0.15) is 0 Å². The molecule has 1 fully saturated rings. The molecule has 0 aliphatic carbocycles. The maximum Gasteiger partial charge on any atom is 0.128 e. The lowest BCUT2D eigenvalue weighted by atomic mass is 10.2. The summed E-state index contributed by atoms with van der Waals surface area (Å²) in [5.41, 5.74) is 0. The fourth-order valence-corrected chi connectivity index (χ4v) is 2.48. The quantitative estimate of drug-likeness (QED) is 0.419. The first-order chi connectivity index (χ1) is 5.06. The Balaban J connectivity index is 2.64. The van der Waals surface area contributed by atoms with Gasteiger partial charge in [-0.3, -0.25) is 4.67 Å². The van der Waals surface area contributed by atoms with Gasteiger partial charge in [-0.2, -0.15) is 0 Å². The van der Waals surface area contributed by atoms with E-state index in [2.05, 4.69) is 10.6 Å². The van der Waals surface area contributed by atoms with Crippen LogP contribution in [-0.4, -0.2) is 31.5 Å². The summed E-state index contributed by atoms with van der Waals surface area (Å²) < 4.78 is 7.56. The smallest absolute Gasteiger partial charge is 0.128 e. The van der Waals surface area contributed by atoms with Crippen LogP contribution in [-0.2, 0) is 16.3 Å². The number of nitrogens with zero attached hydrogens (tertiary/aromatic N) is 1. The largest absolute Gasteiger partial charge is 0.337 e. The Morgan fingerprint density at radius 2 is 2.45 bits per heavy atom. The van der Waals surface area contributed by atoms with Gasteiger partial charge in [0.1, 0.15) is 6.42 Å². The highest BCUT2D eigenvalue weighted by atomic mass is 32.4. The SMILES string of the molecule is C#CC1COP(C)(=S)N(C)C1. The zero-order valence-electron chi connectivity index (χ0n) is 6.78. The lowest BCUT2D eigenvalue weighted by molar-refractivity contribution is 0.225. The summed E-state index contributed by atoms with van der Waals surface area (Å²) in [6.45, 7) is 3.49. The Labute approximate surface area is 73.1 Å². The summed E-state index contributed by atoms with van der Waals surface area (Å²) in [7, 11) is 1.98. The fourth-order valence-electron chi connectivity index (χ4n) is 0.948. The van der Waals surface area contributed by atoms with E-state index in [1.54, 1.807) is 0 Å². The van der Waals surface area contributed by atoms with E-state index in [4.69, 9.17) is 22.8 Å². The molecule has 4 heteroatoms. The fraction of sp³-hybridized carbons (Fsp3) is 0.714. The first-order valence-corrected chi connectivity index (χ1v) is 6.58. The van der Waals surface area contributed by atoms with Gasteiger partial charge in [0.05, 0.1) is 12.5 Å². The number of rotatable bonds is 0. The summed E-state index contributed by atoms with van der Waals surface area (Å²) in [5.74, 6) is 2.90. The van der Waals surface area contributed by atoms with Crippen LogP contribution in [0.5, 0.6) is 0 Å². The molecular formula is C7H12NOPS. The zero-order valence-corrected chi connectivity index (χ0v) is 8.49. The Hall–Kier alpha value is 0.130. The van der Waals surface area contributed by atoms with Gasteiger partial charge >= 0.3 is 0 Å². The highest BCUT2D eigenvalue weighted by molar-refractivity contribution is 8.10. The Morgan fingerprint density at radius 3 is 2.91 bits per heavy atom. The molecule has 0 N–H and O–H groups in total. The summed E-state index contributed by atoms with van der Waals surface area (Å²) in [5, 5.41) is 0. The van der Waals surface area contributed by atoms with Crippen molar-refractivity contribution in [1.82, 2.24) is 4.67 Å². The molecule has 1 heterocycles. The first-order valence-electron chi connectivity index (χ1n) is 3.46. The molecule has 1 rings (SSSR count). The monoisotopic (exact) mass is 189 g/mol. The second-order valence-electron chi connectivity index (χ2n) is 2.80. The lowest BCUT2D eigenvalue weighted by Gasteiger charge is -2.35. The van der Waals surface area contributed by atoms with Gasteiger partial charge in [0.2, 0.25) is 0 Å². The molecule has 11 heavy (non-hydrogen) atoms. The molecule has 0 aromatic carbocycles. The van der Waals surface area contributed by atoms with Crippen molar-refractivity contribution in [3.8, 4) is 12.3 Å². The maximum atomic E-state index is 5.49. The Morgan fingerprint density at radius 1 is 1.82 bits per heavy atom. The molecule has 0 radical (unpaired) electrons. The number of hydrogen-bond acceptors (Lipinski definition) is 2. The number of terminal acetylenes is 1. The van der Waals surface area contributed by atoms with E-state index in [-0.39, 0.29) is 5.92 Å². The second kappa shape index (κ2) is 3.25. The molecule has 1 aliphatic heterocycles. The molecule has 0 bridgehead atoms. The molecule has 0 aromatic rings. The normalized spacial score (nSPS) is 39.9. The molecule has 0 amide bonds. The Kier molecular flexibility index (Phi) is 2.72. The van der Waals surface area contributed by atoms with Crippen LogP contribution in [0.2, 0.25) is 0 Å². The molecule has 0 saturated carbocycles. The third kappa shape index (κ3) is 2.04. The molecule has 1 aliphatic rings. The molecule has 0 spiro atoms. The van der Waals surface area contributed by atoms with Gasteiger partial charge < -0.3 is 4.52 Å². The summed E-state index contributed by atoms with van der Waals surface area (Å²) in [4.78, 5) is 0. The van der Waals surface area contributed by atoms with Crippen LogP contribution in [0.3, 0.4) is 0 Å². The summed E-state index contributed by atoms with van der Waals surface area (Å²) in [6, 6.07) is 0. The van der Waals surface area contributed by atoms with Gasteiger partial charge in [-0.15, -0.1) is 6.42 Å². The van der Waals surface area contributed by atoms with E-state index in [0.29, 0.717) is 6.61 Å². The van der Waals surface area contributed by atoms with Crippen LogP contribution in [0.4, 0.5) is 0 Å².